The number of nitrogens with one attached hydrogen (secondary N) is 1. The first-order chi connectivity index (χ1) is 13.7. The van der Waals surface area contributed by atoms with Gasteiger partial charge in [-0.05, 0) is 36.9 Å². The van der Waals surface area contributed by atoms with Crippen molar-refractivity contribution in [2.75, 3.05) is 32.7 Å². The van der Waals surface area contributed by atoms with Gasteiger partial charge in [-0.25, -0.2) is 8.42 Å². The van der Waals surface area contributed by atoms with Crippen molar-refractivity contribution in [3.8, 4) is 0 Å². The van der Waals surface area contributed by atoms with Gasteiger partial charge in [0.05, 0.1) is 4.90 Å². The largest absolute Gasteiger partial charge is 0.338 e. The number of aliphatic imine (C=N–C) groups is 1. The maximum absolute atomic E-state index is 13.2. The van der Waals surface area contributed by atoms with E-state index in [1.54, 1.807) is 24.3 Å². The molecule has 29 heavy (non-hydrogen) atoms. The monoisotopic (exact) mass is 420 g/mol. The second kappa shape index (κ2) is 8.83. The average molecular weight is 421 g/mol. The quantitative estimate of drug-likeness (QED) is 0.763. The minimum atomic E-state index is -3.61. The highest BCUT2D eigenvalue weighted by Gasteiger charge is 2.34. The Morgan fingerprint density at radius 2 is 1.76 bits per heavy atom. The molecule has 1 aromatic rings. The maximum atomic E-state index is 13.2. The van der Waals surface area contributed by atoms with Crippen LogP contribution in [0.4, 0.5) is 0 Å². The third-order valence-electron chi connectivity index (χ3n) is 5.52. The summed E-state index contributed by atoms with van der Waals surface area (Å²) in [6.07, 6.45) is 1.16. The summed E-state index contributed by atoms with van der Waals surface area (Å²) in [4.78, 5) is 22.3. The Hall–Kier alpha value is -1.93. The standard InChI is InChI=1S/C21H32N4O3S/c1-15(2)9-10-24-11-13-25(14-12-24)21(26)19(16(3)4)22-20-17-7-5-6-8-18(17)29(27,28)23-20/h5-8,15-16,19H,9-14H2,1-4H3,(H,22,23)/t19-/m0/s1. The zero-order valence-electron chi connectivity index (χ0n) is 17.8. The van der Waals surface area contributed by atoms with E-state index in [1.165, 1.54) is 0 Å². The molecule has 1 fully saturated rings. The van der Waals surface area contributed by atoms with Crippen molar-refractivity contribution in [2.24, 2.45) is 16.8 Å². The molecule has 1 aromatic carbocycles. The number of carbonyl (C=O) groups is 1. The molecular formula is C21H32N4O3S. The van der Waals surface area contributed by atoms with E-state index in [9.17, 15) is 13.2 Å². The predicted octanol–water partition coefficient (Wildman–Crippen LogP) is 1.94. The van der Waals surface area contributed by atoms with Crippen molar-refractivity contribution in [3.63, 3.8) is 0 Å². The van der Waals surface area contributed by atoms with Gasteiger partial charge in [0.2, 0.25) is 5.91 Å². The zero-order valence-corrected chi connectivity index (χ0v) is 18.6. The predicted molar refractivity (Wildman–Crippen MR) is 114 cm³/mol. The summed E-state index contributed by atoms with van der Waals surface area (Å²) in [6.45, 7) is 12.5. The first-order valence-corrected chi connectivity index (χ1v) is 11.9. The summed E-state index contributed by atoms with van der Waals surface area (Å²) in [6, 6.07) is 6.13. The van der Waals surface area contributed by atoms with E-state index in [2.05, 4.69) is 28.5 Å². The Morgan fingerprint density at radius 1 is 1.10 bits per heavy atom. The van der Waals surface area contributed by atoms with Crippen LogP contribution in [0.1, 0.15) is 39.7 Å². The summed E-state index contributed by atoms with van der Waals surface area (Å²) in [5.41, 5.74) is 0.532. The van der Waals surface area contributed by atoms with Crippen molar-refractivity contribution in [1.82, 2.24) is 14.5 Å². The molecule has 3 rings (SSSR count). The highest BCUT2D eigenvalue weighted by atomic mass is 32.2. The molecule has 0 aromatic heterocycles. The molecule has 2 aliphatic heterocycles. The lowest BCUT2D eigenvalue weighted by Crippen LogP contribution is -2.52. The summed E-state index contributed by atoms with van der Waals surface area (Å²) in [5, 5.41) is 0. The number of benzene rings is 1. The molecule has 1 saturated heterocycles. The molecule has 0 spiro atoms. The Bertz CT molecular complexity index is 872. The lowest BCUT2D eigenvalue weighted by atomic mass is 10.0. The van der Waals surface area contributed by atoms with E-state index in [1.807, 2.05) is 18.7 Å². The van der Waals surface area contributed by atoms with Crippen LogP contribution in [-0.2, 0) is 14.8 Å². The van der Waals surface area contributed by atoms with Crippen molar-refractivity contribution < 1.29 is 13.2 Å². The second-order valence-corrected chi connectivity index (χ2v) is 10.3. The zero-order chi connectivity index (χ0) is 21.2. The molecule has 1 atom stereocenters. The number of sulfonamides is 1. The Labute approximate surface area is 174 Å². The molecule has 1 N–H and O–H groups in total. The fourth-order valence-corrected chi connectivity index (χ4v) is 4.92. The van der Waals surface area contributed by atoms with Crippen molar-refractivity contribution in [1.29, 1.82) is 0 Å². The lowest BCUT2D eigenvalue weighted by molar-refractivity contribution is -0.135. The molecule has 0 aliphatic carbocycles. The molecule has 0 saturated carbocycles. The normalized spacial score (nSPS) is 21.4. The SMILES string of the molecule is CC(C)CCN1CCN(C(=O)[C@@H](N=C2NS(=O)(=O)c3ccccc32)C(C)C)CC1. The fraction of sp³-hybridized carbons (Fsp3) is 0.619. The number of carbonyl (C=O) groups excluding carboxylic acids is 1. The van der Waals surface area contributed by atoms with Crippen LogP contribution in [0.25, 0.3) is 0 Å². The average Bonchev–Trinajstić information content (AvgIpc) is 2.94. The minimum absolute atomic E-state index is 0.0282. The highest BCUT2D eigenvalue weighted by Crippen LogP contribution is 2.24. The number of hydrogen-bond acceptors (Lipinski definition) is 5. The van der Waals surface area contributed by atoms with E-state index in [-0.39, 0.29) is 22.6 Å². The molecule has 0 unspecified atom stereocenters. The van der Waals surface area contributed by atoms with E-state index < -0.39 is 16.1 Å². The molecule has 160 valence electrons. The number of amidine groups is 1. The summed E-state index contributed by atoms with van der Waals surface area (Å²) < 4.78 is 27.2. The van der Waals surface area contributed by atoms with Gasteiger partial charge in [-0.3, -0.25) is 19.4 Å². The Kier molecular flexibility index (Phi) is 6.63. The summed E-state index contributed by atoms with van der Waals surface area (Å²) >= 11 is 0. The van der Waals surface area contributed by atoms with E-state index in [0.717, 1.165) is 26.1 Å². The van der Waals surface area contributed by atoms with Gasteiger partial charge in [0.25, 0.3) is 10.0 Å². The van der Waals surface area contributed by atoms with E-state index in [0.29, 0.717) is 24.6 Å². The van der Waals surface area contributed by atoms with Gasteiger partial charge in [-0.2, -0.15) is 0 Å². The third kappa shape index (κ3) is 4.98. The lowest BCUT2D eigenvalue weighted by Gasteiger charge is -2.36. The molecule has 2 aliphatic rings. The van der Waals surface area contributed by atoms with Crippen LogP contribution in [0.3, 0.4) is 0 Å². The number of piperazine rings is 1. The Balaban J connectivity index is 1.73. The van der Waals surface area contributed by atoms with Crippen molar-refractivity contribution >= 4 is 21.8 Å². The molecule has 0 bridgehead atoms. The molecule has 0 radical (unpaired) electrons. The summed E-state index contributed by atoms with van der Waals surface area (Å²) in [5.74, 6) is 0.878. The highest BCUT2D eigenvalue weighted by molar-refractivity contribution is 7.90. The van der Waals surface area contributed by atoms with Crippen molar-refractivity contribution in [3.05, 3.63) is 29.8 Å². The molecule has 8 heteroatoms. The topological polar surface area (TPSA) is 82.1 Å². The number of fused-ring (bicyclic) bond motifs is 1. The maximum Gasteiger partial charge on any atom is 0.263 e. The number of nitrogens with zero attached hydrogens (tertiary/aromatic N) is 3. The molecule has 1 amide bonds. The smallest absolute Gasteiger partial charge is 0.263 e. The minimum Gasteiger partial charge on any atom is -0.338 e. The van der Waals surface area contributed by atoms with Crippen LogP contribution in [0.5, 0.6) is 0 Å². The van der Waals surface area contributed by atoms with Crippen molar-refractivity contribution in [2.45, 2.75) is 45.1 Å². The van der Waals surface area contributed by atoms with Gasteiger partial charge in [-0.15, -0.1) is 0 Å². The number of hydrogen-bond donors (Lipinski definition) is 1. The van der Waals surface area contributed by atoms with E-state index in [4.69, 9.17) is 0 Å². The van der Waals surface area contributed by atoms with Gasteiger partial charge in [0.1, 0.15) is 11.9 Å². The first-order valence-electron chi connectivity index (χ1n) is 10.4. The van der Waals surface area contributed by atoms with Gasteiger partial charge >= 0.3 is 0 Å². The van der Waals surface area contributed by atoms with Gasteiger partial charge in [-0.1, -0.05) is 39.8 Å². The molecular weight excluding hydrogens is 388 g/mol. The van der Waals surface area contributed by atoms with E-state index >= 15 is 0 Å². The first kappa shape index (κ1) is 21.8. The molecule has 7 nitrogen and oxygen atoms in total. The molecule has 2 heterocycles. The van der Waals surface area contributed by atoms with Gasteiger partial charge in [0, 0.05) is 31.7 Å². The number of rotatable bonds is 6. The fourth-order valence-electron chi connectivity index (χ4n) is 3.68. The summed E-state index contributed by atoms with van der Waals surface area (Å²) in [7, 11) is -3.61. The van der Waals surface area contributed by atoms with Crippen LogP contribution >= 0.6 is 0 Å². The van der Waals surface area contributed by atoms with Crippen LogP contribution in [0.2, 0.25) is 0 Å². The van der Waals surface area contributed by atoms with Gasteiger partial charge < -0.3 is 4.90 Å². The Morgan fingerprint density at radius 3 is 2.38 bits per heavy atom. The second-order valence-electron chi connectivity index (χ2n) is 8.62. The van der Waals surface area contributed by atoms with Gasteiger partial charge in [0.15, 0.2) is 0 Å². The van der Waals surface area contributed by atoms with Crippen LogP contribution in [0.15, 0.2) is 34.2 Å². The van der Waals surface area contributed by atoms with Crippen LogP contribution in [0, 0.1) is 11.8 Å². The van der Waals surface area contributed by atoms with Crippen LogP contribution in [-0.4, -0.2) is 68.7 Å². The van der Waals surface area contributed by atoms with Crippen LogP contribution < -0.4 is 4.72 Å². The third-order valence-corrected chi connectivity index (χ3v) is 6.92. The number of amides is 1.